The van der Waals surface area contributed by atoms with Crippen LogP contribution in [-0.2, 0) is 23.1 Å². The van der Waals surface area contributed by atoms with Crippen molar-refractivity contribution in [3.05, 3.63) is 64.1 Å². The molecule has 0 spiro atoms. The zero-order valence-electron chi connectivity index (χ0n) is 11.6. The fourth-order valence-electron chi connectivity index (χ4n) is 1.99. The summed E-state index contributed by atoms with van der Waals surface area (Å²) in [6, 6.07) is 14.5. The van der Waals surface area contributed by atoms with Crippen LogP contribution in [0.1, 0.15) is 11.1 Å². The Bertz CT molecular complexity index is 717. The second kappa shape index (κ2) is 7.17. The summed E-state index contributed by atoms with van der Waals surface area (Å²) >= 11 is 3.41. The Morgan fingerprint density at radius 2 is 1.57 bits per heavy atom. The fraction of sp³-hybridized carbons (Fsp3) is 0.200. The predicted octanol–water partition coefficient (Wildman–Crippen LogP) is 2.65. The van der Waals surface area contributed by atoms with Gasteiger partial charge < -0.3 is 5.32 Å². The van der Waals surface area contributed by atoms with E-state index < -0.39 is 10.0 Å². The van der Waals surface area contributed by atoms with Crippen LogP contribution < -0.4 is 10.0 Å². The standard InChI is InChI=1S/C15H17BrN2O2S/c1-17-10-13-7-3-5-9-15(13)21(19,20)18-11-12-6-2-4-8-14(12)16/h2-9,17-18H,10-11H2,1H3. The van der Waals surface area contributed by atoms with E-state index in [1.54, 1.807) is 19.2 Å². The van der Waals surface area contributed by atoms with Crippen molar-refractivity contribution in [2.75, 3.05) is 7.05 Å². The molecule has 4 nitrogen and oxygen atoms in total. The van der Waals surface area contributed by atoms with Crippen molar-refractivity contribution in [3.63, 3.8) is 0 Å². The summed E-state index contributed by atoms with van der Waals surface area (Å²) in [6.45, 7) is 0.754. The van der Waals surface area contributed by atoms with Crippen molar-refractivity contribution in [1.29, 1.82) is 0 Å². The molecule has 21 heavy (non-hydrogen) atoms. The van der Waals surface area contributed by atoms with E-state index >= 15 is 0 Å². The number of sulfonamides is 1. The average Bonchev–Trinajstić information content (AvgIpc) is 2.47. The van der Waals surface area contributed by atoms with Gasteiger partial charge in [-0.05, 0) is 30.3 Å². The molecule has 0 aliphatic heterocycles. The minimum absolute atomic E-state index is 0.248. The molecule has 0 fully saturated rings. The highest BCUT2D eigenvalue weighted by molar-refractivity contribution is 9.10. The van der Waals surface area contributed by atoms with Gasteiger partial charge in [0.25, 0.3) is 0 Å². The Kier molecular flexibility index (Phi) is 5.52. The molecule has 0 radical (unpaired) electrons. The minimum Gasteiger partial charge on any atom is -0.316 e. The van der Waals surface area contributed by atoms with Gasteiger partial charge in [0.15, 0.2) is 0 Å². The van der Waals surface area contributed by atoms with Gasteiger partial charge in [0.05, 0.1) is 4.90 Å². The van der Waals surface area contributed by atoms with Gasteiger partial charge in [-0.25, -0.2) is 13.1 Å². The van der Waals surface area contributed by atoms with E-state index in [2.05, 4.69) is 26.0 Å². The molecule has 0 saturated carbocycles. The minimum atomic E-state index is -3.54. The molecular formula is C15H17BrN2O2S. The normalized spacial score (nSPS) is 11.5. The molecule has 0 aromatic heterocycles. The van der Waals surface area contributed by atoms with E-state index in [1.165, 1.54) is 0 Å². The van der Waals surface area contributed by atoms with Gasteiger partial charge in [-0.3, -0.25) is 0 Å². The average molecular weight is 369 g/mol. The molecule has 0 heterocycles. The lowest BCUT2D eigenvalue weighted by Crippen LogP contribution is -2.25. The quantitative estimate of drug-likeness (QED) is 0.823. The molecular weight excluding hydrogens is 352 g/mol. The van der Waals surface area contributed by atoms with E-state index in [9.17, 15) is 8.42 Å². The number of nitrogens with one attached hydrogen (secondary N) is 2. The summed E-state index contributed by atoms with van der Waals surface area (Å²) < 4.78 is 28.4. The summed E-state index contributed by atoms with van der Waals surface area (Å²) in [5.74, 6) is 0. The molecule has 0 unspecified atom stereocenters. The molecule has 0 amide bonds. The maximum Gasteiger partial charge on any atom is 0.241 e. The van der Waals surface area contributed by atoms with Crippen molar-refractivity contribution >= 4 is 26.0 Å². The van der Waals surface area contributed by atoms with Crippen LogP contribution in [0.4, 0.5) is 0 Å². The van der Waals surface area contributed by atoms with Crippen LogP contribution in [0.15, 0.2) is 57.9 Å². The van der Waals surface area contributed by atoms with E-state index in [0.717, 1.165) is 15.6 Å². The van der Waals surface area contributed by atoms with Gasteiger partial charge >= 0.3 is 0 Å². The third kappa shape index (κ3) is 4.14. The van der Waals surface area contributed by atoms with Crippen LogP contribution >= 0.6 is 15.9 Å². The van der Waals surface area contributed by atoms with Gasteiger partial charge in [-0.2, -0.15) is 0 Å². The predicted molar refractivity (Wildman–Crippen MR) is 87.4 cm³/mol. The first-order valence-electron chi connectivity index (χ1n) is 6.50. The van der Waals surface area contributed by atoms with Gasteiger partial charge in [0, 0.05) is 17.6 Å². The van der Waals surface area contributed by atoms with Gasteiger partial charge in [-0.1, -0.05) is 52.3 Å². The topological polar surface area (TPSA) is 58.2 Å². The Balaban J connectivity index is 2.21. The summed E-state index contributed by atoms with van der Waals surface area (Å²) in [5.41, 5.74) is 1.65. The molecule has 0 bridgehead atoms. The van der Waals surface area contributed by atoms with Crippen molar-refractivity contribution < 1.29 is 8.42 Å². The smallest absolute Gasteiger partial charge is 0.241 e. The van der Waals surface area contributed by atoms with Crippen LogP contribution in [0.3, 0.4) is 0 Å². The third-order valence-corrected chi connectivity index (χ3v) is 5.32. The lowest BCUT2D eigenvalue weighted by atomic mass is 10.2. The van der Waals surface area contributed by atoms with Crippen LogP contribution in [0.5, 0.6) is 0 Å². The van der Waals surface area contributed by atoms with Crippen molar-refractivity contribution in [2.45, 2.75) is 18.0 Å². The molecule has 6 heteroatoms. The molecule has 0 atom stereocenters. The summed E-state index contributed by atoms with van der Waals surface area (Å²) in [7, 11) is -1.75. The van der Waals surface area contributed by atoms with Crippen molar-refractivity contribution in [3.8, 4) is 0 Å². The van der Waals surface area contributed by atoms with E-state index in [0.29, 0.717) is 11.4 Å². The number of rotatable bonds is 6. The first-order valence-corrected chi connectivity index (χ1v) is 8.78. The number of benzene rings is 2. The zero-order chi connectivity index (χ0) is 15.3. The molecule has 0 saturated heterocycles. The first-order chi connectivity index (χ1) is 10.0. The Morgan fingerprint density at radius 1 is 0.952 bits per heavy atom. The number of hydrogen-bond acceptors (Lipinski definition) is 3. The third-order valence-electron chi connectivity index (χ3n) is 3.04. The molecule has 112 valence electrons. The zero-order valence-corrected chi connectivity index (χ0v) is 14.0. The summed E-state index contributed by atoms with van der Waals surface area (Å²) in [4.78, 5) is 0.311. The highest BCUT2D eigenvalue weighted by atomic mass is 79.9. The number of halogens is 1. The fourth-order valence-corrected chi connectivity index (χ4v) is 3.66. The highest BCUT2D eigenvalue weighted by Crippen LogP contribution is 2.18. The number of hydrogen-bond donors (Lipinski definition) is 2. The first kappa shape index (κ1) is 16.2. The Hall–Kier alpha value is -1.21. The highest BCUT2D eigenvalue weighted by Gasteiger charge is 2.17. The maximum absolute atomic E-state index is 12.5. The molecule has 2 aromatic carbocycles. The van der Waals surface area contributed by atoms with Gasteiger partial charge in [0.2, 0.25) is 10.0 Å². The van der Waals surface area contributed by atoms with Crippen LogP contribution in [-0.4, -0.2) is 15.5 Å². The van der Waals surface area contributed by atoms with E-state index in [4.69, 9.17) is 0 Å². The molecule has 2 N–H and O–H groups in total. The summed E-state index contributed by atoms with van der Waals surface area (Å²) in [5, 5.41) is 2.98. The van der Waals surface area contributed by atoms with Gasteiger partial charge in [0.1, 0.15) is 0 Å². The second-order valence-corrected chi connectivity index (χ2v) is 7.14. The molecule has 2 rings (SSSR count). The SMILES string of the molecule is CNCc1ccccc1S(=O)(=O)NCc1ccccc1Br. The van der Waals surface area contributed by atoms with Crippen molar-refractivity contribution in [2.24, 2.45) is 0 Å². The lowest BCUT2D eigenvalue weighted by molar-refractivity contribution is 0.579. The van der Waals surface area contributed by atoms with E-state index in [-0.39, 0.29) is 6.54 Å². The van der Waals surface area contributed by atoms with Gasteiger partial charge in [-0.15, -0.1) is 0 Å². The van der Waals surface area contributed by atoms with Crippen molar-refractivity contribution in [1.82, 2.24) is 10.0 Å². The van der Waals surface area contributed by atoms with Crippen LogP contribution in [0, 0.1) is 0 Å². The lowest BCUT2D eigenvalue weighted by Gasteiger charge is -2.12. The monoisotopic (exact) mass is 368 g/mol. The Labute approximate surface area is 133 Å². The van der Waals surface area contributed by atoms with E-state index in [1.807, 2.05) is 36.4 Å². The van der Waals surface area contributed by atoms with Crippen LogP contribution in [0.25, 0.3) is 0 Å². The second-order valence-electron chi connectivity index (χ2n) is 4.55. The molecule has 0 aliphatic carbocycles. The largest absolute Gasteiger partial charge is 0.316 e. The molecule has 0 aliphatic rings. The molecule has 2 aromatic rings. The maximum atomic E-state index is 12.5. The Morgan fingerprint density at radius 3 is 2.24 bits per heavy atom. The van der Waals surface area contributed by atoms with Crippen LogP contribution in [0.2, 0.25) is 0 Å². The summed E-state index contributed by atoms with van der Waals surface area (Å²) in [6.07, 6.45) is 0.